The Morgan fingerprint density at radius 2 is 1.77 bits per heavy atom. The van der Waals surface area contributed by atoms with E-state index in [0.29, 0.717) is 60.8 Å². The number of Topliss-reactive ketones (excluding diaryl/α,β-unsaturated/α-hetero) is 3. The highest BCUT2D eigenvalue weighted by Crippen LogP contribution is 2.64. The van der Waals surface area contributed by atoms with Crippen LogP contribution >= 0.6 is 0 Å². The summed E-state index contributed by atoms with van der Waals surface area (Å²) >= 11 is 0. The maximum atomic E-state index is 13.0. The van der Waals surface area contributed by atoms with Crippen molar-refractivity contribution in [3.8, 4) is 0 Å². The normalized spacial score (nSPS) is 51.3. The van der Waals surface area contributed by atoms with Gasteiger partial charge in [-0.3, -0.25) is 14.4 Å². The zero-order valence-corrected chi connectivity index (χ0v) is 13.7. The van der Waals surface area contributed by atoms with Crippen LogP contribution in [0.1, 0.15) is 65.2 Å². The molecule has 0 spiro atoms. The molecule has 0 aromatic heterocycles. The van der Waals surface area contributed by atoms with Gasteiger partial charge in [0.15, 0.2) is 0 Å². The van der Waals surface area contributed by atoms with E-state index in [9.17, 15) is 14.4 Å². The van der Waals surface area contributed by atoms with Gasteiger partial charge in [-0.05, 0) is 48.9 Å². The Bertz CT molecular complexity index is 565. The smallest absolute Gasteiger partial charge is 0.139 e. The van der Waals surface area contributed by atoms with Gasteiger partial charge in [-0.25, -0.2) is 0 Å². The summed E-state index contributed by atoms with van der Waals surface area (Å²) in [6.07, 6.45) is 6.39. The van der Waals surface area contributed by atoms with Crippen LogP contribution in [-0.4, -0.2) is 17.3 Å². The summed E-state index contributed by atoms with van der Waals surface area (Å²) in [5.41, 5.74) is -0.382. The van der Waals surface area contributed by atoms with E-state index in [1.165, 1.54) is 0 Å². The fraction of sp³-hybridized carbons (Fsp3) is 0.842. The lowest BCUT2D eigenvalue weighted by molar-refractivity contribution is -0.161. The molecule has 6 atom stereocenters. The fourth-order valence-corrected chi connectivity index (χ4v) is 6.64. The van der Waals surface area contributed by atoms with Crippen molar-refractivity contribution in [2.45, 2.75) is 65.2 Å². The monoisotopic (exact) mass is 302 g/mol. The minimum Gasteiger partial charge on any atom is -0.300 e. The lowest BCUT2D eigenvalue weighted by atomic mass is 9.45. The molecule has 4 rings (SSSR count). The molecule has 0 aliphatic heterocycles. The molecular formula is C19H26O3. The van der Waals surface area contributed by atoms with Crippen molar-refractivity contribution in [1.29, 1.82) is 0 Å². The first-order valence-electron chi connectivity index (χ1n) is 8.94. The summed E-state index contributed by atoms with van der Waals surface area (Å²) in [6.45, 7) is 4.30. The van der Waals surface area contributed by atoms with Crippen LogP contribution in [0.25, 0.3) is 0 Å². The van der Waals surface area contributed by atoms with Gasteiger partial charge < -0.3 is 0 Å². The third-order valence-electron chi connectivity index (χ3n) is 7.88. The van der Waals surface area contributed by atoms with Crippen LogP contribution in [0.15, 0.2) is 0 Å². The summed E-state index contributed by atoms with van der Waals surface area (Å²) in [7, 11) is 0. The van der Waals surface area contributed by atoms with Crippen molar-refractivity contribution >= 4 is 17.3 Å². The van der Waals surface area contributed by atoms with E-state index in [2.05, 4.69) is 6.92 Å². The van der Waals surface area contributed by atoms with E-state index >= 15 is 0 Å². The van der Waals surface area contributed by atoms with Gasteiger partial charge >= 0.3 is 0 Å². The lowest BCUT2D eigenvalue weighted by Gasteiger charge is -2.58. The number of fused-ring (bicyclic) bond motifs is 5. The van der Waals surface area contributed by atoms with Crippen molar-refractivity contribution < 1.29 is 14.4 Å². The molecule has 3 heteroatoms. The Balaban J connectivity index is 1.72. The summed E-state index contributed by atoms with van der Waals surface area (Å²) in [4.78, 5) is 37.2. The lowest BCUT2D eigenvalue weighted by Crippen LogP contribution is -2.57. The van der Waals surface area contributed by atoms with Gasteiger partial charge in [-0.2, -0.15) is 0 Å². The maximum Gasteiger partial charge on any atom is 0.139 e. The Kier molecular flexibility index (Phi) is 3.00. The van der Waals surface area contributed by atoms with Crippen LogP contribution in [0, 0.1) is 34.5 Å². The Morgan fingerprint density at radius 3 is 2.55 bits per heavy atom. The molecule has 0 aromatic carbocycles. The van der Waals surface area contributed by atoms with Crippen molar-refractivity contribution in [2.24, 2.45) is 34.5 Å². The van der Waals surface area contributed by atoms with Gasteiger partial charge in [0.05, 0.1) is 0 Å². The summed E-state index contributed by atoms with van der Waals surface area (Å²) in [5, 5.41) is 0. The zero-order valence-electron chi connectivity index (χ0n) is 13.7. The van der Waals surface area contributed by atoms with E-state index in [4.69, 9.17) is 0 Å². The molecule has 0 radical (unpaired) electrons. The average molecular weight is 302 g/mol. The highest BCUT2D eigenvalue weighted by Gasteiger charge is 2.63. The van der Waals surface area contributed by atoms with Crippen molar-refractivity contribution in [2.75, 3.05) is 0 Å². The third-order valence-corrected chi connectivity index (χ3v) is 7.88. The number of rotatable bonds is 0. The number of hydrogen-bond acceptors (Lipinski definition) is 3. The molecule has 0 heterocycles. The first kappa shape index (κ1) is 14.6. The van der Waals surface area contributed by atoms with Crippen LogP contribution in [0.3, 0.4) is 0 Å². The molecule has 0 saturated heterocycles. The largest absolute Gasteiger partial charge is 0.300 e. The molecule has 120 valence electrons. The van der Waals surface area contributed by atoms with E-state index in [-0.39, 0.29) is 16.7 Å². The summed E-state index contributed by atoms with van der Waals surface area (Å²) < 4.78 is 0. The standard InChI is InChI=1S/C19H26O3/c1-18-8-7-12(20)9-11(18)3-4-13-14-5-6-16(22)19(14,2)10-15(21)17(13)18/h11,13-14,17H,3-10H2,1-2H3/t11-,13-,14-,17-,18-,19-/m0/s1. The molecule has 4 aliphatic carbocycles. The highest BCUT2D eigenvalue weighted by molar-refractivity contribution is 5.95. The van der Waals surface area contributed by atoms with Crippen LogP contribution in [0.2, 0.25) is 0 Å². The number of carbonyl (C=O) groups excluding carboxylic acids is 3. The minimum atomic E-state index is -0.383. The Labute approximate surface area is 132 Å². The maximum absolute atomic E-state index is 13.0. The Hall–Kier alpha value is -0.990. The van der Waals surface area contributed by atoms with Crippen LogP contribution in [0.4, 0.5) is 0 Å². The molecule has 22 heavy (non-hydrogen) atoms. The predicted molar refractivity (Wildman–Crippen MR) is 82.1 cm³/mol. The molecule has 0 N–H and O–H groups in total. The molecule has 3 nitrogen and oxygen atoms in total. The number of ketones is 3. The zero-order chi connectivity index (χ0) is 15.7. The molecular weight excluding hydrogens is 276 g/mol. The first-order valence-corrected chi connectivity index (χ1v) is 8.94. The summed E-state index contributed by atoms with van der Waals surface area (Å²) in [6, 6.07) is 0. The molecule has 0 bridgehead atoms. The van der Waals surface area contributed by atoms with Crippen LogP contribution in [-0.2, 0) is 14.4 Å². The molecule has 0 unspecified atom stereocenters. The second-order valence-electron chi connectivity index (χ2n) is 8.79. The Morgan fingerprint density at radius 1 is 1.00 bits per heavy atom. The molecule has 0 amide bonds. The second-order valence-corrected chi connectivity index (χ2v) is 8.79. The molecule has 4 aliphatic rings. The van der Waals surface area contributed by atoms with E-state index in [1.54, 1.807) is 0 Å². The third kappa shape index (κ3) is 1.71. The van der Waals surface area contributed by atoms with Crippen molar-refractivity contribution in [3.63, 3.8) is 0 Å². The van der Waals surface area contributed by atoms with E-state index < -0.39 is 0 Å². The van der Waals surface area contributed by atoms with Crippen molar-refractivity contribution in [1.82, 2.24) is 0 Å². The van der Waals surface area contributed by atoms with Crippen molar-refractivity contribution in [3.05, 3.63) is 0 Å². The fourth-order valence-electron chi connectivity index (χ4n) is 6.64. The van der Waals surface area contributed by atoms with E-state index in [1.807, 2.05) is 6.92 Å². The van der Waals surface area contributed by atoms with Gasteiger partial charge in [-0.1, -0.05) is 13.8 Å². The first-order chi connectivity index (χ1) is 10.4. The van der Waals surface area contributed by atoms with Gasteiger partial charge in [0.1, 0.15) is 17.3 Å². The minimum absolute atomic E-state index is 0.000871. The number of hydrogen-bond donors (Lipinski definition) is 0. The predicted octanol–water partition coefficient (Wildman–Crippen LogP) is 3.35. The quantitative estimate of drug-likeness (QED) is 0.689. The van der Waals surface area contributed by atoms with Gasteiger partial charge in [-0.15, -0.1) is 0 Å². The van der Waals surface area contributed by atoms with Crippen LogP contribution in [0.5, 0.6) is 0 Å². The molecule has 4 saturated carbocycles. The topological polar surface area (TPSA) is 51.2 Å². The SMILES string of the molecule is C[C@]12CCC(=O)C[C@@H]1CC[C@@H]1[C@H]2C(=O)C[C@]2(C)C(=O)CC[C@@H]12. The van der Waals surface area contributed by atoms with Gasteiger partial charge in [0, 0.05) is 37.0 Å². The second kappa shape index (κ2) is 4.52. The molecule has 0 aromatic rings. The van der Waals surface area contributed by atoms with Gasteiger partial charge in [0.25, 0.3) is 0 Å². The molecule has 4 fully saturated rings. The van der Waals surface area contributed by atoms with E-state index in [0.717, 1.165) is 25.7 Å². The highest BCUT2D eigenvalue weighted by atomic mass is 16.1. The number of carbonyl (C=O) groups is 3. The van der Waals surface area contributed by atoms with Crippen LogP contribution < -0.4 is 0 Å². The average Bonchev–Trinajstić information content (AvgIpc) is 2.75. The van der Waals surface area contributed by atoms with Gasteiger partial charge in [0.2, 0.25) is 0 Å². The summed E-state index contributed by atoms with van der Waals surface area (Å²) in [5.74, 6) is 2.29.